The van der Waals surface area contributed by atoms with E-state index >= 15 is 0 Å². The third kappa shape index (κ3) is 4.16. The topological polar surface area (TPSA) is 38.7 Å². The average Bonchev–Trinajstić information content (AvgIpc) is 3.40. The van der Waals surface area contributed by atoms with E-state index < -0.39 is 0 Å². The molecule has 0 aromatic heterocycles. The molecule has 0 bridgehead atoms. The molecule has 0 spiro atoms. The van der Waals surface area contributed by atoms with Crippen LogP contribution < -0.4 is 0 Å². The molecule has 0 saturated heterocycles. The Bertz CT molecular complexity index is 720. The van der Waals surface area contributed by atoms with E-state index in [9.17, 15) is 4.79 Å². The standard InChI is InChI=1S/C20H19NO2/c1-15(12-13-16-8-4-2-5-9-16)21-23-20(22)19-14-18(19)17-10-6-3-7-11-17/h2-13,18-19H,14H2,1H3/b13-12+,21-15+. The van der Waals surface area contributed by atoms with Crippen LogP contribution in [-0.2, 0) is 9.63 Å². The molecule has 23 heavy (non-hydrogen) atoms. The molecule has 1 aliphatic rings. The maximum absolute atomic E-state index is 12.0. The first-order chi connectivity index (χ1) is 11.2. The molecule has 3 rings (SSSR count). The summed E-state index contributed by atoms with van der Waals surface area (Å²) in [6.07, 6.45) is 4.62. The quantitative estimate of drug-likeness (QED) is 0.466. The van der Waals surface area contributed by atoms with E-state index in [4.69, 9.17) is 4.84 Å². The van der Waals surface area contributed by atoms with Gasteiger partial charge in [0.15, 0.2) is 0 Å². The molecule has 2 unspecified atom stereocenters. The second kappa shape index (κ2) is 7.05. The van der Waals surface area contributed by atoms with Crippen LogP contribution in [0.4, 0.5) is 0 Å². The van der Waals surface area contributed by atoms with Gasteiger partial charge >= 0.3 is 5.97 Å². The monoisotopic (exact) mass is 305 g/mol. The summed E-state index contributed by atoms with van der Waals surface area (Å²) in [5.41, 5.74) is 2.94. The van der Waals surface area contributed by atoms with Gasteiger partial charge in [-0.1, -0.05) is 71.9 Å². The first kappa shape index (κ1) is 15.2. The van der Waals surface area contributed by atoms with Crippen molar-refractivity contribution in [3.8, 4) is 0 Å². The third-order valence-electron chi connectivity index (χ3n) is 3.92. The van der Waals surface area contributed by atoms with Gasteiger partial charge in [0.25, 0.3) is 0 Å². The van der Waals surface area contributed by atoms with E-state index in [1.54, 1.807) is 0 Å². The Balaban J connectivity index is 1.52. The minimum Gasteiger partial charge on any atom is -0.318 e. The molecule has 1 saturated carbocycles. The maximum atomic E-state index is 12.0. The summed E-state index contributed by atoms with van der Waals surface area (Å²) < 4.78 is 0. The summed E-state index contributed by atoms with van der Waals surface area (Å²) in [6.45, 7) is 1.81. The molecule has 0 N–H and O–H groups in total. The fraction of sp³-hybridized carbons (Fsp3) is 0.200. The fourth-order valence-electron chi connectivity index (χ4n) is 2.52. The zero-order valence-electron chi connectivity index (χ0n) is 13.1. The van der Waals surface area contributed by atoms with E-state index in [-0.39, 0.29) is 17.8 Å². The Morgan fingerprint density at radius 2 is 1.74 bits per heavy atom. The first-order valence-corrected chi connectivity index (χ1v) is 7.77. The number of benzene rings is 2. The number of hydrogen-bond donors (Lipinski definition) is 0. The zero-order valence-corrected chi connectivity index (χ0v) is 13.1. The van der Waals surface area contributed by atoms with Crippen molar-refractivity contribution < 1.29 is 9.63 Å². The Kier molecular flexibility index (Phi) is 4.67. The largest absolute Gasteiger partial charge is 0.338 e. The van der Waals surface area contributed by atoms with Gasteiger partial charge in [0, 0.05) is 0 Å². The highest BCUT2D eigenvalue weighted by Crippen LogP contribution is 2.48. The van der Waals surface area contributed by atoms with Gasteiger partial charge < -0.3 is 4.84 Å². The molecule has 1 aliphatic carbocycles. The van der Waals surface area contributed by atoms with Gasteiger partial charge in [0.05, 0.1) is 11.6 Å². The van der Waals surface area contributed by atoms with Gasteiger partial charge in [0.1, 0.15) is 0 Å². The minimum absolute atomic E-state index is 0.0629. The average molecular weight is 305 g/mol. The highest BCUT2D eigenvalue weighted by Gasteiger charge is 2.45. The molecular formula is C20H19NO2. The number of nitrogens with zero attached hydrogens (tertiary/aromatic N) is 1. The summed E-state index contributed by atoms with van der Waals surface area (Å²) in [5, 5.41) is 3.91. The lowest BCUT2D eigenvalue weighted by Crippen LogP contribution is -2.05. The fourth-order valence-corrected chi connectivity index (χ4v) is 2.52. The number of hydrogen-bond acceptors (Lipinski definition) is 3. The Morgan fingerprint density at radius 3 is 2.43 bits per heavy atom. The second-order valence-electron chi connectivity index (χ2n) is 5.75. The van der Waals surface area contributed by atoms with Gasteiger partial charge in [-0.2, -0.15) is 0 Å². The van der Waals surface area contributed by atoms with Crippen LogP contribution in [-0.4, -0.2) is 11.7 Å². The van der Waals surface area contributed by atoms with Gasteiger partial charge in [-0.15, -0.1) is 0 Å². The third-order valence-corrected chi connectivity index (χ3v) is 3.92. The van der Waals surface area contributed by atoms with E-state index in [2.05, 4.69) is 17.3 Å². The van der Waals surface area contributed by atoms with Crippen LogP contribution in [0.3, 0.4) is 0 Å². The lowest BCUT2D eigenvalue weighted by atomic mass is 10.1. The Labute approximate surface area is 136 Å². The molecule has 0 amide bonds. The SMILES string of the molecule is CC(/C=C/c1ccccc1)=N\OC(=O)C1CC1c1ccccc1. The summed E-state index contributed by atoms with van der Waals surface area (Å²) in [4.78, 5) is 17.1. The number of oxime groups is 1. The molecule has 116 valence electrons. The van der Waals surface area contributed by atoms with Crippen molar-refractivity contribution in [3.63, 3.8) is 0 Å². The van der Waals surface area contributed by atoms with Crippen molar-refractivity contribution in [1.29, 1.82) is 0 Å². The number of carbonyl (C=O) groups is 1. The van der Waals surface area contributed by atoms with Gasteiger partial charge in [0.2, 0.25) is 0 Å². The Morgan fingerprint density at radius 1 is 1.09 bits per heavy atom. The molecule has 0 heterocycles. The van der Waals surface area contributed by atoms with E-state index in [0.29, 0.717) is 5.71 Å². The zero-order chi connectivity index (χ0) is 16.1. The van der Waals surface area contributed by atoms with Crippen molar-refractivity contribution in [2.45, 2.75) is 19.3 Å². The smallest absolute Gasteiger partial charge is 0.318 e. The van der Waals surface area contributed by atoms with Crippen LogP contribution in [0.25, 0.3) is 6.08 Å². The lowest BCUT2D eigenvalue weighted by Gasteiger charge is -1.99. The summed E-state index contributed by atoms with van der Waals surface area (Å²) >= 11 is 0. The highest BCUT2D eigenvalue weighted by atomic mass is 16.7. The summed E-state index contributed by atoms with van der Waals surface area (Å²) in [7, 11) is 0. The predicted molar refractivity (Wildman–Crippen MR) is 92.0 cm³/mol. The van der Waals surface area contributed by atoms with E-state index in [1.807, 2.05) is 67.6 Å². The second-order valence-corrected chi connectivity index (χ2v) is 5.75. The maximum Gasteiger partial charge on any atom is 0.338 e. The van der Waals surface area contributed by atoms with Crippen LogP contribution in [0.1, 0.15) is 30.4 Å². The summed E-state index contributed by atoms with van der Waals surface area (Å²) in [6, 6.07) is 20.0. The van der Waals surface area contributed by atoms with Crippen molar-refractivity contribution in [2.24, 2.45) is 11.1 Å². The molecule has 2 aromatic carbocycles. The van der Waals surface area contributed by atoms with Crippen molar-refractivity contribution in [2.75, 3.05) is 0 Å². The van der Waals surface area contributed by atoms with Gasteiger partial charge in [-0.3, -0.25) is 0 Å². The Hall–Kier alpha value is -2.68. The molecule has 1 fully saturated rings. The van der Waals surface area contributed by atoms with Crippen LogP contribution >= 0.6 is 0 Å². The van der Waals surface area contributed by atoms with Crippen LogP contribution in [0.5, 0.6) is 0 Å². The van der Waals surface area contributed by atoms with E-state index in [0.717, 1.165) is 12.0 Å². The number of rotatable bonds is 5. The summed E-state index contributed by atoms with van der Waals surface area (Å²) in [5.74, 6) is -0.0302. The first-order valence-electron chi connectivity index (χ1n) is 7.77. The number of allylic oxidation sites excluding steroid dienone is 1. The molecule has 3 heteroatoms. The van der Waals surface area contributed by atoms with Crippen LogP contribution in [0, 0.1) is 5.92 Å². The molecular weight excluding hydrogens is 286 g/mol. The minimum atomic E-state index is -0.244. The number of carbonyl (C=O) groups excluding carboxylic acids is 1. The van der Waals surface area contributed by atoms with Gasteiger partial charge in [-0.05, 0) is 36.5 Å². The normalized spacial score (nSPS) is 20.5. The lowest BCUT2D eigenvalue weighted by molar-refractivity contribution is -0.145. The molecule has 2 atom stereocenters. The predicted octanol–water partition coefficient (Wildman–Crippen LogP) is 4.42. The van der Waals surface area contributed by atoms with Crippen molar-refractivity contribution in [3.05, 3.63) is 77.9 Å². The molecule has 0 radical (unpaired) electrons. The van der Waals surface area contributed by atoms with Crippen molar-refractivity contribution in [1.82, 2.24) is 0 Å². The van der Waals surface area contributed by atoms with Crippen molar-refractivity contribution >= 4 is 17.8 Å². The van der Waals surface area contributed by atoms with E-state index in [1.165, 1.54) is 5.56 Å². The van der Waals surface area contributed by atoms with Crippen LogP contribution in [0.15, 0.2) is 71.9 Å². The van der Waals surface area contributed by atoms with Gasteiger partial charge in [-0.25, -0.2) is 4.79 Å². The highest BCUT2D eigenvalue weighted by molar-refractivity contribution is 5.96. The molecule has 3 nitrogen and oxygen atoms in total. The van der Waals surface area contributed by atoms with Crippen LogP contribution in [0.2, 0.25) is 0 Å². The molecule has 0 aliphatic heterocycles. The molecule has 2 aromatic rings.